The molecule has 1 aliphatic heterocycles. The number of amides is 3. The van der Waals surface area contributed by atoms with E-state index in [4.69, 9.17) is 11.2 Å². The first-order valence-electron chi connectivity index (χ1n) is 12.5. The van der Waals surface area contributed by atoms with Gasteiger partial charge in [0.2, 0.25) is 12.3 Å². The van der Waals surface area contributed by atoms with Crippen LogP contribution in [-0.4, -0.2) is 46.7 Å². The highest BCUT2D eigenvalue weighted by molar-refractivity contribution is 7.16. The lowest BCUT2D eigenvalue weighted by Gasteiger charge is -2.41. The topological polar surface area (TPSA) is 117 Å². The van der Waals surface area contributed by atoms with Crippen LogP contribution in [0.3, 0.4) is 0 Å². The SMILES string of the molecule is C#Cc1ccc(-c2cc(Nc3sc(C(C)(C)C)cc3C(=O)N3CCNC(=O)C3(C)C)ccc2C)cn1.NC=O. The van der Waals surface area contributed by atoms with E-state index in [1.54, 1.807) is 36.3 Å². The van der Waals surface area contributed by atoms with Crippen LogP contribution in [0.1, 0.15) is 61.1 Å². The van der Waals surface area contributed by atoms with Gasteiger partial charge in [-0.3, -0.25) is 14.4 Å². The quantitative estimate of drug-likeness (QED) is 0.327. The van der Waals surface area contributed by atoms with E-state index in [-0.39, 0.29) is 23.6 Å². The van der Waals surface area contributed by atoms with E-state index in [0.717, 1.165) is 32.3 Å². The number of carbonyl (C=O) groups is 3. The third-order valence-electron chi connectivity index (χ3n) is 6.52. The maximum Gasteiger partial charge on any atom is 0.257 e. The summed E-state index contributed by atoms with van der Waals surface area (Å²) < 4.78 is 0. The Bertz CT molecular complexity index is 1410. The number of piperazine rings is 1. The van der Waals surface area contributed by atoms with Crippen LogP contribution in [0.4, 0.5) is 10.7 Å². The van der Waals surface area contributed by atoms with Gasteiger partial charge in [-0.05, 0) is 61.6 Å². The molecular formula is C30H35N5O3S. The van der Waals surface area contributed by atoms with Crippen molar-refractivity contribution in [2.75, 3.05) is 18.4 Å². The fourth-order valence-corrected chi connectivity index (χ4v) is 5.32. The van der Waals surface area contributed by atoms with Gasteiger partial charge in [-0.2, -0.15) is 0 Å². The summed E-state index contributed by atoms with van der Waals surface area (Å²) in [6.45, 7) is 12.9. The number of anilines is 2. The second-order valence-corrected chi connectivity index (χ2v) is 11.8. The van der Waals surface area contributed by atoms with Crippen LogP contribution in [0, 0.1) is 19.3 Å². The van der Waals surface area contributed by atoms with Crippen molar-refractivity contribution < 1.29 is 14.4 Å². The van der Waals surface area contributed by atoms with E-state index < -0.39 is 5.54 Å². The average molecular weight is 546 g/mol. The zero-order valence-electron chi connectivity index (χ0n) is 23.2. The number of rotatable bonds is 4. The predicted octanol–water partition coefficient (Wildman–Crippen LogP) is 4.59. The monoisotopic (exact) mass is 545 g/mol. The molecule has 2 aromatic heterocycles. The minimum Gasteiger partial charge on any atom is -0.372 e. The molecule has 0 bridgehead atoms. The maximum absolute atomic E-state index is 13.8. The van der Waals surface area contributed by atoms with Crippen molar-refractivity contribution in [2.24, 2.45) is 5.73 Å². The molecule has 0 radical (unpaired) electrons. The van der Waals surface area contributed by atoms with Crippen LogP contribution in [0.15, 0.2) is 42.6 Å². The number of hydrogen-bond acceptors (Lipinski definition) is 6. The number of nitrogens with one attached hydrogen (secondary N) is 2. The lowest BCUT2D eigenvalue weighted by atomic mass is 9.93. The van der Waals surface area contributed by atoms with Crippen molar-refractivity contribution in [1.82, 2.24) is 15.2 Å². The summed E-state index contributed by atoms with van der Waals surface area (Å²) in [5.74, 6) is 2.26. The first kappa shape index (κ1) is 29.4. The molecule has 1 fully saturated rings. The van der Waals surface area contributed by atoms with Gasteiger partial charge in [0.15, 0.2) is 0 Å². The summed E-state index contributed by atoms with van der Waals surface area (Å²) in [6, 6.07) is 11.9. The lowest BCUT2D eigenvalue weighted by Crippen LogP contribution is -2.63. The van der Waals surface area contributed by atoms with Crippen LogP contribution in [0.2, 0.25) is 0 Å². The number of pyridine rings is 1. The van der Waals surface area contributed by atoms with E-state index in [1.165, 1.54) is 0 Å². The number of carbonyl (C=O) groups excluding carboxylic acids is 3. The Hall–Kier alpha value is -4.16. The van der Waals surface area contributed by atoms with Crippen molar-refractivity contribution in [3.05, 3.63) is 64.3 Å². The van der Waals surface area contributed by atoms with Gasteiger partial charge in [-0.1, -0.05) is 38.8 Å². The van der Waals surface area contributed by atoms with Gasteiger partial charge >= 0.3 is 0 Å². The number of aromatic nitrogens is 1. The highest BCUT2D eigenvalue weighted by Gasteiger charge is 2.41. The molecule has 1 saturated heterocycles. The van der Waals surface area contributed by atoms with Gasteiger partial charge in [-0.15, -0.1) is 17.8 Å². The van der Waals surface area contributed by atoms with E-state index in [9.17, 15) is 9.59 Å². The zero-order valence-corrected chi connectivity index (χ0v) is 24.0. The number of aryl methyl sites for hydroxylation is 1. The number of terminal acetylenes is 1. The van der Waals surface area contributed by atoms with Gasteiger partial charge in [0, 0.05) is 35.4 Å². The summed E-state index contributed by atoms with van der Waals surface area (Å²) in [4.78, 5) is 42.0. The number of thiophene rings is 1. The fourth-order valence-electron chi connectivity index (χ4n) is 4.19. The molecule has 4 rings (SSSR count). The Morgan fingerprint density at radius 2 is 1.95 bits per heavy atom. The van der Waals surface area contributed by atoms with E-state index in [0.29, 0.717) is 24.3 Å². The molecule has 0 unspecified atom stereocenters. The molecule has 8 nitrogen and oxygen atoms in total. The number of primary amides is 1. The van der Waals surface area contributed by atoms with Gasteiger partial charge in [0.05, 0.1) is 5.56 Å². The molecule has 9 heteroatoms. The second-order valence-electron chi connectivity index (χ2n) is 10.7. The summed E-state index contributed by atoms with van der Waals surface area (Å²) in [6.07, 6.45) is 7.48. The Kier molecular flexibility index (Phi) is 8.82. The van der Waals surface area contributed by atoms with Crippen molar-refractivity contribution in [3.63, 3.8) is 0 Å². The molecule has 4 N–H and O–H groups in total. The fraction of sp³-hybridized carbons (Fsp3) is 0.333. The van der Waals surface area contributed by atoms with Gasteiger partial charge in [-0.25, -0.2) is 4.98 Å². The third kappa shape index (κ3) is 6.47. The molecule has 0 aliphatic carbocycles. The molecule has 3 aromatic rings. The van der Waals surface area contributed by atoms with Crippen molar-refractivity contribution in [3.8, 4) is 23.5 Å². The normalized spacial score (nSPS) is 14.4. The molecule has 1 aromatic carbocycles. The van der Waals surface area contributed by atoms with Gasteiger partial charge in [0.25, 0.3) is 5.91 Å². The Balaban J connectivity index is 0.00000134. The lowest BCUT2D eigenvalue weighted by molar-refractivity contribution is -0.133. The van der Waals surface area contributed by atoms with E-state index in [2.05, 4.69) is 61.0 Å². The summed E-state index contributed by atoms with van der Waals surface area (Å²) in [7, 11) is 0. The molecular weight excluding hydrogens is 510 g/mol. The van der Waals surface area contributed by atoms with Crippen molar-refractivity contribution in [2.45, 2.75) is 52.5 Å². The standard InChI is InChI=1S/C29H32N4O2S.CH3NO/c1-8-20-12-10-19(17-31-20)22-15-21(11-9-18(22)2)32-25-23(16-24(36-25)28(3,4)5)26(34)33-14-13-30-27(35)29(33,6)7;2-1-3/h1,9-12,15-17,32H,13-14H2,2-7H3,(H,30,35);1H,(H2,2,3). The van der Waals surface area contributed by atoms with E-state index >= 15 is 0 Å². The summed E-state index contributed by atoms with van der Waals surface area (Å²) in [5, 5.41) is 7.13. The van der Waals surface area contributed by atoms with Crippen LogP contribution in [0.5, 0.6) is 0 Å². The van der Waals surface area contributed by atoms with Gasteiger partial charge < -0.3 is 21.3 Å². The molecule has 0 saturated carbocycles. The minimum absolute atomic E-state index is 0.128. The molecule has 3 heterocycles. The first-order chi connectivity index (χ1) is 18.3. The average Bonchev–Trinajstić information content (AvgIpc) is 3.31. The summed E-state index contributed by atoms with van der Waals surface area (Å²) in [5.41, 5.74) is 8.26. The van der Waals surface area contributed by atoms with Crippen LogP contribution >= 0.6 is 11.3 Å². The minimum atomic E-state index is -0.926. The van der Waals surface area contributed by atoms with Gasteiger partial charge in [0.1, 0.15) is 16.2 Å². The number of nitrogens with zero attached hydrogens (tertiary/aromatic N) is 2. The number of benzene rings is 1. The molecule has 3 amide bonds. The van der Waals surface area contributed by atoms with Crippen molar-refractivity contribution in [1.29, 1.82) is 0 Å². The molecule has 204 valence electrons. The zero-order chi connectivity index (χ0) is 29.0. The number of nitrogens with two attached hydrogens (primary N) is 1. The Morgan fingerprint density at radius 3 is 2.54 bits per heavy atom. The highest BCUT2D eigenvalue weighted by atomic mass is 32.1. The third-order valence-corrected chi connectivity index (χ3v) is 7.99. The maximum atomic E-state index is 13.8. The van der Waals surface area contributed by atoms with Crippen LogP contribution in [0.25, 0.3) is 11.1 Å². The highest BCUT2D eigenvalue weighted by Crippen LogP contribution is 2.39. The summed E-state index contributed by atoms with van der Waals surface area (Å²) >= 11 is 1.57. The smallest absolute Gasteiger partial charge is 0.257 e. The van der Waals surface area contributed by atoms with E-state index in [1.807, 2.05) is 30.3 Å². The largest absolute Gasteiger partial charge is 0.372 e. The predicted molar refractivity (Wildman–Crippen MR) is 157 cm³/mol. The Morgan fingerprint density at radius 1 is 1.26 bits per heavy atom. The van der Waals surface area contributed by atoms with Crippen LogP contribution < -0.4 is 16.4 Å². The number of hydrogen-bond donors (Lipinski definition) is 3. The Labute approximate surface area is 234 Å². The molecule has 0 spiro atoms. The molecule has 0 atom stereocenters. The van der Waals surface area contributed by atoms with Crippen molar-refractivity contribution >= 4 is 40.2 Å². The molecule has 1 aliphatic rings. The second kappa shape index (κ2) is 11.7. The molecule has 39 heavy (non-hydrogen) atoms. The first-order valence-corrected chi connectivity index (χ1v) is 13.4. The van der Waals surface area contributed by atoms with Crippen LogP contribution in [-0.2, 0) is 15.0 Å².